The van der Waals surface area contributed by atoms with E-state index in [1.165, 1.54) is 6.20 Å². The highest BCUT2D eigenvalue weighted by Gasteiger charge is 2.20. The van der Waals surface area contributed by atoms with E-state index in [-0.39, 0.29) is 18.6 Å². The van der Waals surface area contributed by atoms with Crippen LogP contribution in [0.1, 0.15) is 30.6 Å². The summed E-state index contributed by atoms with van der Waals surface area (Å²) in [5.41, 5.74) is 3.45. The quantitative estimate of drug-likeness (QED) is 0.509. The molecule has 0 radical (unpaired) electrons. The van der Waals surface area contributed by atoms with Crippen molar-refractivity contribution < 1.29 is 9.90 Å². The molecule has 6 nitrogen and oxygen atoms in total. The highest BCUT2D eigenvalue weighted by molar-refractivity contribution is 5.99. The fourth-order valence-electron chi connectivity index (χ4n) is 1.69. The Bertz CT molecular complexity index is 395. The van der Waals surface area contributed by atoms with Crippen LogP contribution in [0.25, 0.3) is 0 Å². The number of pyridine rings is 1. The number of nitrogens with one attached hydrogen (secondary N) is 1. The summed E-state index contributed by atoms with van der Waals surface area (Å²) in [6.45, 7) is 4.45. The number of hydrogen-bond donors (Lipinski definition) is 3. The Kier molecular flexibility index (Phi) is 5.54. The molecule has 0 saturated heterocycles. The van der Waals surface area contributed by atoms with E-state index in [2.05, 4.69) is 10.4 Å². The van der Waals surface area contributed by atoms with Crippen molar-refractivity contribution in [3.8, 4) is 0 Å². The van der Waals surface area contributed by atoms with E-state index in [0.29, 0.717) is 24.2 Å². The van der Waals surface area contributed by atoms with Crippen molar-refractivity contribution in [2.45, 2.75) is 26.3 Å². The molecule has 0 atom stereocenters. The molecule has 0 aliphatic carbocycles. The standard InChI is InChI=1S/C12H20N4O2/c1-9(2)16(6-3-7-17)12(18)10-4-5-14-8-11(10)15-13/h4-5,8-9,15,17H,3,6-7,13H2,1-2H3. The normalized spacial score (nSPS) is 10.5. The topological polar surface area (TPSA) is 91.5 Å². The first-order chi connectivity index (χ1) is 8.61. The molecule has 1 aromatic heterocycles. The monoisotopic (exact) mass is 252 g/mol. The summed E-state index contributed by atoms with van der Waals surface area (Å²) in [6, 6.07) is 1.69. The molecule has 0 spiro atoms. The molecule has 1 heterocycles. The SMILES string of the molecule is CC(C)N(CCCO)C(=O)c1ccncc1NN. The molecule has 6 heteroatoms. The molecule has 0 fully saturated rings. The van der Waals surface area contributed by atoms with Crippen molar-refractivity contribution in [1.82, 2.24) is 9.88 Å². The fraction of sp³-hybridized carbons (Fsp3) is 0.500. The molecule has 4 N–H and O–H groups in total. The largest absolute Gasteiger partial charge is 0.396 e. The van der Waals surface area contributed by atoms with E-state index in [1.807, 2.05) is 13.8 Å². The van der Waals surface area contributed by atoms with Crippen LogP contribution in [0.5, 0.6) is 0 Å². The smallest absolute Gasteiger partial charge is 0.256 e. The van der Waals surface area contributed by atoms with Gasteiger partial charge in [0.1, 0.15) is 0 Å². The first-order valence-electron chi connectivity index (χ1n) is 5.94. The molecule has 0 aliphatic heterocycles. The molecular weight excluding hydrogens is 232 g/mol. The van der Waals surface area contributed by atoms with Crippen molar-refractivity contribution in [2.75, 3.05) is 18.6 Å². The number of aromatic nitrogens is 1. The maximum atomic E-state index is 12.4. The Morgan fingerprint density at radius 3 is 2.89 bits per heavy atom. The van der Waals surface area contributed by atoms with E-state index >= 15 is 0 Å². The number of anilines is 1. The molecule has 0 bridgehead atoms. The number of nitrogens with two attached hydrogens (primary N) is 1. The summed E-state index contributed by atoms with van der Waals surface area (Å²) >= 11 is 0. The third-order valence-electron chi connectivity index (χ3n) is 2.65. The van der Waals surface area contributed by atoms with Crippen LogP contribution in [-0.4, -0.2) is 40.1 Å². The highest BCUT2D eigenvalue weighted by Crippen LogP contribution is 2.16. The van der Waals surface area contributed by atoms with Crippen LogP contribution in [0.4, 0.5) is 5.69 Å². The lowest BCUT2D eigenvalue weighted by atomic mass is 10.1. The van der Waals surface area contributed by atoms with Gasteiger partial charge in [-0.1, -0.05) is 0 Å². The summed E-state index contributed by atoms with van der Waals surface area (Å²) in [4.78, 5) is 18.0. The Labute approximate surface area is 107 Å². The van der Waals surface area contributed by atoms with Gasteiger partial charge >= 0.3 is 0 Å². The van der Waals surface area contributed by atoms with Gasteiger partial charge in [0, 0.05) is 25.4 Å². The van der Waals surface area contributed by atoms with Gasteiger partial charge < -0.3 is 15.4 Å². The maximum Gasteiger partial charge on any atom is 0.256 e. The van der Waals surface area contributed by atoms with Gasteiger partial charge in [-0.25, -0.2) is 0 Å². The second-order valence-corrected chi connectivity index (χ2v) is 4.24. The number of carbonyl (C=O) groups excluding carboxylic acids is 1. The molecule has 0 aliphatic rings. The van der Waals surface area contributed by atoms with Gasteiger partial charge in [-0.15, -0.1) is 0 Å². The van der Waals surface area contributed by atoms with E-state index in [1.54, 1.807) is 17.2 Å². The Morgan fingerprint density at radius 1 is 1.61 bits per heavy atom. The van der Waals surface area contributed by atoms with Crippen molar-refractivity contribution >= 4 is 11.6 Å². The Balaban J connectivity index is 2.94. The molecule has 1 aromatic rings. The fourth-order valence-corrected chi connectivity index (χ4v) is 1.69. The van der Waals surface area contributed by atoms with Crippen LogP contribution >= 0.6 is 0 Å². The first kappa shape index (κ1) is 14.4. The predicted octanol–water partition coefficient (Wildman–Crippen LogP) is 0.600. The molecule has 0 aromatic carbocycles. The van der Waals surface area contributed by atoms with Gasteiger partial charge in [-0.05, 0) is 26.3 Å². The van der Waals surface area contributed by atoms with Crippen LogP contribution in [-0.2, 0) is 0 Å². The van der Waals surface area contributed by atoms with Crippen molar-refractivity contribution in [3.63, 3.8) is 0 Å². The van der Waals surface area contributed by atoms with Crippen LogP contribution in [0.2, 0.25) is 0 Å². The zero-order valence-electron chi connectivity index (χ0n) is 10.8. The summed E-state index contributed by atoms with van der Waals surface area (Å²) in [5.74, 6) is 5.25. The summed E-state index contributed by atoms with van der Waals surface area (Å²) in [7, 11) is 0. The van der Waals surface area contributed by atoms with E-state index < -0.39 is 0 Å². The number of aliphatic hydroxyl groups is 1. The Hall–Kier alpha value is -1.66. The zero-order valence-corrected chi connectivity index (χ0v) is 10.8. The van der Waals surface area contributed by atoms with Gasteiger partial charge in [0.2, 0.25) is 0 Å². The minimum Gasteiger partial charge on any atom is -0.396 e. The number of hydrogen-bond acceptors (Lipinski definition) is 5. The molecule has 0 saturated carbocycles. The number of nitrogens with zero attached hydrogens (tertiary/aromatic N) is 2. The van der Waals surface area contributed by atoms with Gasteiger partial charge in [-0.3, -0.25) is 15.6 Å². The molecule has 100 valence electrons. The minimum atomic E-state index is -0.117. The average molecular weight is 252 g/mol. The van der Waals surface area contributed by atoms with Gasteiger partial charge in [0.25, 0.3) is 5.91 Å². The number of carbonyl (C=O) groups is 1. The maximum absolute atomic E-state index is 12.4. The lowest BCUT2D eigenvalue weighted by Crippen LogP contribution is -2.38. The van der Waals surface area contributed by atoms with Gasteiger partial charge in [0.05, 0.1) is 17.4 Å². The van der Waals surface area contributed by atoms with E-state index in [0.717, 1.165) is 0 Å². The molecular formula is C12H20N4O2. The number of aliphatic hydroxyl groups excluding tert-OH is 1. The first-order valence-corrected chi connectivity index (χ1v) is 5.94. The number of hydrazine groups is 1. The lowest BCUT2D eigenvalue weighted by Gasteiger charge is -2.27. The van der Waals surface area contributed by atoms with Gasteiger partial charge in [0.15, 0.2) is 0 Å². The van der Waals surface area contributed by atoms with Crippen LogP contribution in [0.3, 0.4) is 0 Å². The van der Waals surface area contributed by atoms with Crippen molar-refractivity contribution in [3.05, 3.63) is 24.0 Å². The summed E-state index contributed by atoms with van der Waals surface area (Å²) < 4.78 is 0. The molecule has 1 rings (SSSR count). The third-order valence-corrected chi connectivity index (χ3v) is 2.65. The summed E-state index contributed by atoms with van der Waals surface area (Å²) in [5, 5.41) is 8.87. The van der Waals surface area contributed by atoms with Crippen molar-refractivity contribution in [1.29, 1.82) is 0 Å². The van der Waals surface area contributed by atoms with Crippen molar-refractivity contribution in [2.24, 2.45) is 5.84 Å². The van der Waals surface area contributed by atoms with Crippen LogP contribution in [0, 0.1) is 0 Å². The third kappa shape index (κ3) is 3.41. The van der Waals surface area contributed by atoms with Gasteiger partial charge in [-0.2, -0.15) is 0 Å². The average Bonchev–Trinajstić information content (AvgIpc) is 2.38. The highest BCUT2D eigenvalue weighted by atomic mass is 16.3. The summed E-state index contributed by atoms with van der Waals surface area (Å²) in [6.07, 6.45) is 3.62. The predicted molar refractivity (Wildman–Crippen MR) is 69.9 cm³/mol. The second kappa shape index (κ2) is 6.93. The minimum absolute atomic E-state index is 0.0582. The second-order valence-electron chi connectivity index (χ2n) is 4.24. The lowest BCUT2D eigenvalue weighted by molar-refractivity contribution is 0.0694. The Morgan fingerprint density at radius 2 is 2.33 bits per heavy atom. The number of nitrogen functional groups attached to an aromatic ring is 1. The van der Waals surface area contributed by atoms with Crippen LogP contribution in [0.15, 0.2) is 18.5 Å². The van der Waals surface area contributed by atoms with E-state index in [9.17, 15) is 4.79 Å². The molecule has 18 heavy (non-hydrogen) atoms. The molecule has 0 unspecified atom stereocenters. The molecule has 1 amide bonds. The number of rotatable bonds is 6. The number of amides is 1. The van der Waals surface area contributed by atoms with Crippen LogP contribution < -0.4 is 11.3 Å². The zero-order chi connectivity index (χ0) is 13.5. The van der Waals surface area contributed by atoms with E-state index in [4.69, 9.17) is 10.9 Å².